The third-order valence-electron chi connectivity index (χ3n) is 3.42. The van der Waals surface area contributed by atoms with Gasteiger partial charge >= 0.3 is 18.1 Å². The minimum Gasteiger partial charge on any atom is -0.481 e. The molecule has 0 spiro atoms. The number of nitrogens with one attached hydrogen (secondary N) is 3. The zero-order chi connectivity index (χ0) is 16.8. The lowest BCUT2D eigenvalue weighted by Gasteiger charge is -2.26. The average Bonchev–Trinajstić information content (AvgIpc) is 2.41. The van der Waals surface area contributed by atoms with Crippen LogP contribution in [0.5, 0.6) is 0 Å². The molecule has 4 N–H and O–H groups in total. The van der Waals surface area contributed by atoms with Crippen LogP contribution in [-0.4, -0.2) is 35.3 Å². The van der Waals surface area contributed by atoms with Crippen LogP contribution in [0.3, 0.4) is 0 Å². The quantitative estimate of drug-likeness (QED) is 0.590. The van der Waals surface area contributed by atoms with Crippen LogP contribution in [0.4, 0.5) is 9.59 Å². The van der Waals surface area contributed by atoms with E-state index < -0.39 is 23.7 Å². The number of carboxylic acids is 1. The van der Waals surface area contributed by atoms with Gasteiger partial charge in [-0.25, -0.2) is 20.4 Å². The Labute approximate surface area is 129 Å². The van der Waals surface area contributed by atoms with Crippen LogP contribution < -0.4 is 16.2 Å². The predicted octanol–water partition coefficient (Wildman–Crippen LogP) is 1.62. The second-order valence-electron chi connectivity index (χ2n) is 6.52. The van der Waals surface area contributed by atoms with E-state index >= 15 is 0 Å². The summed E-state index contributed by atoms with van der Waals surface area (Å²) in [6.07, 6.45) is 2.09. The number of carboxylic acid groups (broad SMARTS) is 1. The molecule has 0 atom stereocenters. The number of rotatable bonds is 3. The summed E-state index contributed by atoms with van der Waals surface area (Å²) in [5.41, 5.74) is 3.72. The SMILES string of the molecule is CC(C)(C)OC(=O)NNC(=O)NC[C@H]1CC[C@H](C(=O)O)CC1. The molecule has 0 bridgehead atoms. The summed E-state index contributed by atoms with van der Waals surface area (Å²) in [6.45, 7) is 5.62. The van der Waals surface area contributed by atoms with Gasteiger partial charge in [-0.3, -0.25) is 4.79 Å². The zero-order valence-electron chi connectivity index (χ0n) is 13.3. The van der Waals surface area contributed by atoms with Crippen molar-refractivity contribution in [2.75, 3.05) is 6.54 Å². The smallest absolute Gasteiger partial charge is 0.426 e. The Hall–Kier alpha value is -1.99. The number of hydrogen-bond acceptors (Lipinski definition) is 4. The van der Waals surface area contributed by atoms with E-state index in [1.807, 2.05) is 0 Å². The molecule has 126 valence electrons. The first kappa shape index (κ1) is 18.1. The molecule has 0 heterocycles. The number of carbonyl (C=O) groups is 3. The molecule has 0 aromatic heterocycles. The number of hydrazine groups is 1. The van der Waals surface area contributed by atoms with Crippen LogP contribution in [0.25, 0.3) is 0 Å². The van der Waals surface area contributed by atoms with E-state index in [1.165, 1.54) is 0 Å². The van der Waals surface area contributed by atoms with E-state index in [0.29, 0.717) is 19.4 Å². The fourth-order valence-corrected chi connectivity index (χ4v) is 2.31. The van der Waals surface area contributed by atoms with Crippen molar-refractivity contribution < 1.29 is 24.2 Å². The standard InChI is InChI=1S/C14H25N3O5/c1-14(2,3)22-13(21)17-16-12(20)15-8-9-4-6-10(7-5-9)11(18)19/h9-10H,4-8H2,1-3H3,(H,17,21)(H,18,19)(H2,15,16,20)/t9-,10-. The molecule has 0 aliphatic heterocycles. The van der Waals surface area contributed by atoms with Gasteiger partial charge in [-0.1, -0.05) is 0 Å². The zero-order valence-corrected chi connectivity index (χ0v) is 13.3. The first-order valence-corrected chi connectivity index (χ1v) is 7.43. The van der Waals surface area contributed by atoms with Gasteiger partial charge in [0.15, 0.2) is 0 Å². The Balaban J connectivity index is 2.16. The highest BCUT2D eigenvalue weighted by molar-refractivity contribution is 5.77. The predicted molar refractivity (Wildman–Crippen MR) is 79.0 cm³/mol. The topological polar surface area (TPSA) is 117 Å². The van der Waals surface area contributed by atoms with Crippen molar-refractivity contribution in [2.24, 2.45) is 11.8 Å². The highest BCUT2D eigenvalue weighted by atomic mass is 16.6. The van der Waals surface area contributed by atoms with E-state index in [-0.39, 0.29) is 11.8 Å². The molecule has 0 radical (unpaired) electrons. The molecule has 8 heteroatoms. The summed E-state index contributed by atoms with van der Waals surface area (Å²) in [5.74, 6) is -0.743. The van der Waals surface area contributed by atoms with Crippen LogP contribution in [-0.2, 0) is 9.53 Å². The summed E-state index contributed by atoms with van der Waals surface area (Å²) in [7, 11) is 0. The highest BCUT2D eigenvalue weighted by Gasteiger charge is 2.26. The maximum atomic E-state index is 11.5. The Morgan fingerprint density at radius 1 is 1.09 bits per heavy atom. The number of ether oxygens (including phenoxy) is 1. The molecular weight excluding hydrogens is 290 g/mol. The van der Waals surface area contributed by atoms with Gasteiger partial charge in [0.1, 0.15) is 5.60 Å². The van der Waals surface area contributed by atoms with E-state index in [9.17, 15) is 14.4 Å². The number of aliphatic carboxylic acids is 1. The molecule has 1 rings (SSSR count). The first-order chi connectivity index (χ1) is 10.2. The molecule has 3 amide bonds. The number of amides is 3. The molecule has 1 fully saturated rings. The molecular formula is C14H25N3O5. The first-order valence-electron chi connectivity index (χ1n) is 7.43. The van der Waals surface area contributed by atoms with Crippen LogP contribution in [0.15, 0.2) is 0 Å². The Bertz CT molecular complexity index is 411. The van der Waals surface area contributed by atoms with Crippen molar-refractivity contribution in [3.63, 3.8) is 0 Å². The van der Waals surface area contributed by atoms with Crippen molar-refractivity contribution in [1.29, 1.82) is 0 Å². The Morgan fingerprint density at radius 3 is 2.18 bits per heavy atom. The molecule has 22 heavy (non-hydrogen) atoms. The molecule has 0 saturated heterocycles. The van der Waals surface area contributed by atoms with Crippen molar-refractivity contribution in [2.45, 2.75) is 52.1 Å². The lowest BCUT2D eigenvalue weighted by Crippen LogP contribution is -2.49. The second-order valence-corrected chi connectivity index (χ2v) is 6.52. The fraction of sp³-hybridized carbons (Fsp3) is 0.786. The Morgan fingerprint density at radius 2 is 1.68 bits per heavy atom. The molecule has 8 nitrogen and oxygen atoms in total. The number of carbonyl (C=O) groups excluding carboxylic acids is 2. The van der Waals surface area contributed by atoms with Crippen molar-refractivity contribution in [3.05, 3.63) is 0 Å². The molecule has 0 aromatic rings. The summed E-state index contributed by atoms with van der Waals surface area (Å²) >= 11 is 0. The van der Waals surface area contributed by atoms with E-state index in [2.05, 4.69) is 16.2 Å². The lowest BCUT2D eigenvalue weighted by atomic mass is 9.82. The molecule has 1 aliphatic rings. The van der Waals surface area contributed by atoms with Crippen molar-refractivity contribution in [3.8, 4) is 0 Å². The van der Waals surface area contributed by atoms with Gasteiger partial charge in [0.2, 0.25) is 0 Å². The van der Waals surface area contributed by atoms with Gasteiger partial charge in [0, 0.05) is 6.54 Å². The summed E-state index contributed by atoms with van der Waals surface area (Å²) < 4.78 is 4.97. The lowest BCUT2D eigenvalue weighted by molar-refractivity contribution is -0.143. The van der Waals surface area contributed by atoms with Gasteiger partial charge in [0.25, 0.3) is 0 Å². The van der Waals surface area contributed by atoms with Crippen molar-refractivity contribution >= 4 is 18.1 Å². The molecule has 1 aliphatic carbocycles. The summed E-state index contributed by atoms with van der Waals surface area (Å²) in [5, 5.41) is 11.6. The maximum absolute atomic E-state index is 11.5. The third-order valence-corrected chi connectivity index (χ3v) is 3.42. The van der Waals surface area contributed by atoms with Crippen LogP contribution in [0, 0.1) is 11.8 Å². The molecule has 1 saturated carbocycles. The summed E-state index contributed by atoms with van der Waals surface area (Å²) in [4.78, 5) is 33.7. The van der Waals surface area contributed by atoms with Gasteiger partial charge in [-0.05, 0) is 52.4 Å². The second kappa shape index (κ2) is 7.86. The normalized spacial score (nSPS) is 21.6. The molecule has 0 unspecified atom stereocenters. The number of urea groups is 1. The maximum Gasteiger partial charge on any atom is 0.426 e. The monoisotopic (exact) mass is 315 g/mol. The third kappa shape index (κ3) is 7.14. The minimum absolute atomic E-state index is 0.265. The van der Waals surface area contributed by atoms with Gasteiger partial charge < -0.3 is 15.2 Å². The van der Waals surface area contributed by atoms with E-state index in [1.54, 1.807) is 20.8 Å². The van der Waals surface area contributed by atoms with Crippen LogP contribution in [0.2, 0.25) is 0 Å². The van der Waals surface area contributed by atoms with Gasteiger partial charge in [-0.15, -0.1) is 0 Å². The Kier molecular flexibility index (Phi) is 6.45. The van der Waals surface area contributed by atoms with Gasteiger partial charge in [0.05, 0.1) is 5.92 Å². The average molecular weight is 315 g/mol. The largest absolute Gasteiger partial charge is 0.481 e. The van der Waals surface area contributed by atoms with Crippen LogP contribution >= 0.6 is 0 Å². The highest BCUT2D eigenvalue weighted by Crippen LogP contribution is 2.28. The summed E-state index contributed by atoms with van der Waals surface area (Å²) in [6, 6.07) is -0.522. The van der Waals surface area contributed by atoms with Gasteiger partial charge in [-0.2, -0.15) is 0 Å². The molecule has 0 aromatic carbocycles. The minimum atomic E-state index is -0.745. The fourth-order valence-electron chi connectivity index (χ4n) is 2.31. The van der Waals surface area contributed by atoms with Crippen LogP contribution in [0.1, 0.15) is 46.5 Å². The van der Waals surface area contributed by atoms with E-state index in [4.69, 9.17) is 9.84 Å². The van der Waals surface area contributed by atoms with E-state index in [0.717, 1.165) is 12.8 Å². The number of hydrogen-bond donors (Lipinski definition) is 4. The van der Waals surface area contributed by atoms with Crippen molar-refractivity contribution in [1.82, 2.24) is 16.2 Å².